The van der Waals surface area contributed by atoms with E-state index in [1.807, 2.05) is 42.5 Å². The van der Waals surface area contributed by atoms with Crippen LogP contribution < -0.4 is 14.2 Å². The Morgan fingerprint density at radius 3 is 2.36 bits per heavy atom. The lowest BCUT2D eigenvalue weighted by Crippen LogP contribution is -2.40. The van der Waals surface area contributed by atoms with Crippen molar-refractivity contribution in [3.05, 3.63) is 59.7 Å². The number of methoxy groups -OCH3 is 2. The standard InChI is InChI=1S/C20H26N2O5S/c1-22-20(16-11-17(25-2)13-18(12-16)26-3)19(14-27-22)28(23,24)21-10-9-15-7-5-4-6-8-15/h4-8,11-13,19-21H,9-10,14H2,1-3H3/t19-,20-/m1/s1. The molecule has 2 atom stereocenters. The summed E-state index contributed by atoms with van der Waals surface area (Å²) in [5, 5.41) is 0.833. The molecule has 7 nitrogen and oxygen atoms in total. The van der Waals surface area contributed by atoms with Crippen molar-refractivity contribution < 1.29 is 22.7 Å². The van der Waals surface area contributed by atoms with Crippen LogP contribution in [0, 0.1) is 0 Å². The molecule has 1 N–H and O–H groups in total. The van der Waals surface area contributed by atoms with Crippen LogP contribution in [0.3, 0.4) is 0 Å². The zero-order valence-corrected chi connectivity index (χ0v) is 17.1. The van der Waals surface area contributed by atoms with Crippen LogP contribution in [0.4, 0.5) is 0 Å². The number of hydrogen-bond acceptors (Lipinski definition) is 6. The molecular formula is C20H26N2O5S. The van der Waals surface area contributed by atoms with Crippen LogP contribution >= 0.6 is 0 Å². The van der Waals surface area contributed by atoms with Crippen molar-refractivity contribution in [1.29, 1.82) is 0 Å². The maximum Gasteiger partial charge on any atom is 0.218 e. The Morgan fingerprint density at radius 2 is 1.75 bits per heavy atom. The minimum absolute atomic E-state index is 0.0847. The van der Waals surface area contributed by atoms with Crippen molar-refractivity contribution in [1.82, 2.24) is 9.79 Å². The predicted molar refractivity (Wildman–Crippen MR) is 107 cm³/mol. The molecule has 2 aromatic rings. The van der Waals surface area contributed by atoms with Crippen LogP contribution in [0.2, 0.25) is 0 Å². The van der Waals surface area contributed by atoms with E-state index in [2.05, 4.69) is 4.72 Å². The summed E-state index contributed by atoms with van der Waals surface area (Å²) in [5.41, 5.74) is 1.84. The van der Waals surface area contributed by atoms with E-state index in [0.29, 0.717) is 24.5 Å². The Hall–Kier alpha value is -2.13. The van der Waals surface area contributed by atoms with Gasteiger partial charge in [-0.2, -0.15) is 5.06 Å². The Balaban J connectivity index is 1.78. The SMILES string of the molecule is COc1cc(OC)cc([C@@H]2[C@H](S(=O)(=O)NCCc3ccccc3)CON2C)c1. The van der Waals surface area contributed by atoms with E-state index in [4.69, 9.17) is 14.3 Å². The quantitative estimate of drug-likeness (QED) is 0.724. The zero-order chi connectivity index (χ0) is 20.1. The monoisotopic (exact) mass is 406 g/mol. The van der Waals surface area contributed by atoms with E-state index in [0.717, 1.165) is 11.1 Å². The van der Waals surface area contributed by atoms with Crippen LogP contribution in [-0.4, -0.2) is 53.1 Å². The molecule has 0 aromatic heterocycles. The third-order valence-corrected chi connectivity index (χ3v) is 6.66. The average molecular weight is 407 g/mol. The number of hydroxylamine groups is 2. The summed E-state index contributed by atoms with van der Waals surface area (Å²) in [7, 11) is 1.26. The van der Waals surface area contributed by atoms with Crippen LogP contribution in [0.15, 0.2) is 48.5 Å². The normalized spacial score (nSPS) is 20.2. The molecule has 8 heteroatoms. The molecule has 1 aliphatic rings. The molecule has 0 unspecified atom stereocenters. The summed E-state index contributed by atoms with van der Waals surface area (Å²) >= 11 is 0. The number of nitrogens with one attached hydrogen (secondary N) is 1. The molecule has 0 radical (unpaired) electrons. The van der Waals surface area contributed by atoms with Crippen LogP contribution in [0.5, 0.6) is 11.5 Å². The van der Waals surface area contributed by atoms with E-state index in [-0.39, 0.29) is 6.61 Å². The van der Waals surface area contributed by atoms with Gasteiger partial charge in [0.2, 0.25) is 10.0 Å². The number of benzene rings is 2. The Morgan fingerprint density at radius 1 is 1.11 bits per heavy atom. The number of hydrogen-bond donors (Lipinski definition) is 1. The van der Waals surface area contributed by atoms with E-state index in [9.17, 15) is 8.42 Å². The lowest BCUT2D eigenvalue weighted by molar-refractivity contribution is -0.110. The van der Waals surface area contributed by atoms with Crippen molar-refractivity contribution in [2.45, 2.75) is 17.7 Å². The zero-order valence-electron chi connectivity index (χ0n) is 16.3. The second-order valence-corrected chi connectivity index (χ2v) is 8.63. The Bertz CT molecular complexity index is 866. The number of ether oxygens (including phenoxy) is 2. The predicted octanol–water partition coefficient (Wildman–Crippen LogP) is 2.15. The maximum atomic E-state index is 13.0. The van der Waals surface area contributed by atoms with Crippen molar-refractivity contribution in [3.63, 3.8) is 0 Å². The smallest absolute Gasteiger partial charge is 0.218 e. The lowest BCUT2D eigenvalue weighted by Gasteiger charge is -2.24. The molecule has 0 spiro atoms. The molecule has 2 aromatic carbocycles. The summed E-state index contributed by atoms with van der Waals surface area (Å²) in [6, 6.07) is 14.7. The number of nitrogens with zero attached hydrogens (tertiary/aromatic N) is 1. The second kappa shape index (κ2) is 8.91. The molecule has 0 bridgehead atoms. The summed E-state index contributed by atoms with van der Waals surface area (Å²) in [5.74, 6) is 1.20. The first-order valence-electron chi connectivity index (χ1n) is 9.05. The van der Waals surface area contributed by atoms with E-state index < -0.39 is 21.3 Å². The molecule has 28 heavy (non-hydrogen) atoms. The first-order chi connectivity index (χ1) is 13.4. The highest BCUT2D eigenvalue weighted by Gasteiger charge is 2.43. The van der Waals surface area contributed by atoms with Gasteiger partial charge in [0, 0.05) is 19.7 Å². The molecule has 152 valence electrons. The third-order valence-electron chi connectivity index (χ3n) is 4.86. The molecule has 1 heterocycles. The minimum atomic E-state index is -3.60. The van der Waals surface area contributed by atoms with Crippen molar-refractivity contribution in [3.8, 4) is 11.5 Å². The van der Waals surface area contributed by atoms with Crippen LogP contribution in [0.1, 0.15) is 17.2 Å². The molecule has 1 saturated heterocycles. The summed E-state index contributed by atoms with van der Waals surface area (Å²) in [6.45, 7) is 0.419. The topological polar surface area (TPSA) is 77.1 Å². The fraction of sp³-hybridized carbons (Fsp3) is 0.400. The van der Waals surface area contributed by atoms with Gasteiger partial charge in [-0.3, -0.25) is 4.84 Å². The lowest BCUT2D eigenvalue weighted by atomic mass is 10.0. The number of rotatable bonds is 8. The highest BCUT2D eigenvalue weighted by molar-refractivity contribution is 7.90. The van der Waals surface area contributed by atoms with E-state index in [1.54, 1.807) is 32.4 Å². The number of sulfonamides is 1. The van der Waals surface area contributed by atoms with Gasteiger partial charge in [-0.1, -0.05) is 30.3 Å². The van der Waals surface area contributed by atoms with E-state index >= 15 is 0 Å². The van der Waals surface area contributed by atoms with Gasteiger partial charge in [-0.05, 0) is 29.7 Å². The largest absolute Gasteiger partial charge is 0.497 e. The van der Waals surface area contributed by atoms with Gasteiger partial charge in [-0.25, -0.2) is 13.1 Å². The highest BCUT2D eigenvalue weighted by atomic mass is 32.2. The third kappa shape index (κ3) is 4.64. The molecule has 3 rings (SSSR count). The highest BCUT2D eigenvalue weighted by Crippen LogP contribution is 2.36. The molecule has 1 aliphatic heterocycles. The molecule has 1 fully saturated rings. The average Bonchev–Trinajstić information content (AvgIpc) is 3.10. The molecule has 0 saturated carbocycles. The van der Waals surface area contributed by atoms with Gasteiger partial charge in [0.05, 0.1) is 26.9 Å². The van der Waals surface area contributed by atoms with Crippen molar-refractivity contribution in [2.24, 2.45) is 0 Å². The fourth-order valence-electron chi connectivity index (χ4n) is 3.37. The summed E-state index contributed by atoms with van der Waals surface area (Å²) in [4.78, 5) is 5.56. The van der Waals surface area contributed by atoms with Gasteiger partial charge in [0.15, 0.2) is 0 Å². The van der Waals surface area contributed by atoms with Gasteiger partial charge in [-0.15, -0.1) is 0 Å². The van der Waals surface area contributed by atoms with Gasteiger partial charge < -0.3 is 9.47 Å². The molecule has 0 amide bonds. The molecule has 0 aliphatic carbocycles. The van der Waals surface area contributed by atoms with Gasteiger partial charge in [0.25, 0.3) is 0 Å². The minimum Gasteiger partial charge on any atom is -0.497 e. The van der Waals surface area contributed by atoms with E-state index in [1.165, 1.54) is 0 Å². The fourth-order valence-corrected chi connectivity index (χ4v) is 4.88. The summed E-state index contributed by atoms with van der Waals surface area (Å²) in [6.07, 6.45) is 0.626. The van der Waals surface area contributed by atoms with Gasteiger partial charge in [0.1, 0.15) is 16.7 Å². The Kier molecular flexibility index (Phi) is 6.56. The first-order valence-corrected chi connectivity index (χ1v) is 10.6. The molecular weight excluding hydrogens is 380 g/mol. The van der Waals surface area contributed by atoms with Crippen molar-refractivity contribution in [2.75, 3.05) is 34.4 Å². The van der Waals surface area contributed by atoms with Gasteiger partial charge >= 0.3 is 0 Å². The van der Waals surface area contributed by atoms with Crippen molar-refractivity contribution >= 4 is 10.0 Å². The summed E-state index contributed by atoms with van der Waals surface area (Å²) < 4.78 is 39.3. The first kappa shape index (κ1) is 20.6. The van der Waals surface area contributed by atoms with Crippen LogP contribution in [0.25, 0.3) is 0 Å². The Labute approximate surface area is 166 Å². The maximum absolute atomic E-state index is 13.0. The van der Waals surface area contributed by atoms with Crippen LogP contribution in [-0.2, 0) is 21.3 Å². The second-order valence-electron chi connectivity index (χ2n) is 6.65.